The molecule has 0 amide bonds. The van der Waals surface area contributed by atoms with Crippen molar-refractivity contribution in [2.45, 2.75) is 26.3 Å². The summed E-state index contributed by atoms with van der Waals surface area (Å²) >= 11 is 2.28. The second-order valence-corrected chi connectivity index (χ2v) is 5.46. The summed E-state index contributed by atoms with van der Waals surface area (Å²) in [5, 5.41) is 4.59. The Kier molecular flexibility index (Phi) is 3.71. The minimum absolute atomic E-state index is 0.404. The van der Waals surface area contributed by atoms with Gasteiger partial charge in [-0.25, -0.2) is 4.68 Å². The van der Waals surface area contributed by atoms with E-state index < -0.39 is 0 Å². The molecule has 1 aromatic heterocycles. The zero-order valence-corrected chi connectivity index (χ0v) is 12.2. The maximum atomic E-state index is 6.08. The van der Waals surface area contributed by atoms with Crippen molar-refractivity contribution in [2.24, 2.45) is 0 Å². The molecule has 0 aliphatic rings. The Morgan fingerprint density at radius 2 is 1.94 bits per heavy atom. The number of aromatic nitrogens is 2. The van der Waals surface area contributed by atoms with Crippen LogP contribution in [0.1, 0.15) is 31.0 Å². The molecular weight excluding hydrogens is 325 g/mol. The molecule has 2 aromatic rings. The van der Waals surface area contributed by atoms with Gasteiger partial charge in [-0.2, -0.15) is 5.10 Å². The Bertz CT molecular complexity index is 503. The number of nitrogens with two attached hydrogens (primary N) is 1. The molecule has 0 aliphatic heterocycles. The van der Waals surface area contributed by atoms with Crippen LogP contribution in [0.15, 0.2) is 30.3 Å². The van der Waals surface area contributed by atoms with E-state index in [0.29, 0.717) is 5.92 Å². The van der Waals surface area contributed by atoms with E-state index in [1.165, 1.54) is 5.56 Å². The smallest absolute Gasteiger partial charge is 0.135 e. The SMILES string of the molecule is CC(C)c1nn(Cc2ccccc2)c(N)c1I. The van der Waals surface area contributed by atoms with Crippen LogP contribution < -0.4 is 5.73 Å². The minimum atomic E-state index is 0.404. The van der Waals surface area contributed by atoms with Crippen LogP contribution in [0.25, 0.3) is 0 Å². The van der Waals surface area contributed by atoms with Gasteiger partial charge in [-0.05, 0) is 34.1 Å². The van der Waals surface area contributed by atoms with E-state index in [1.54, 1.807) is 0 Å². The summed E-state index contributed by atoms with van der Waals surface area (Å²) in [5.74, 6) is 1.17. The molecular formula is C13H16IN3. The summed E-state index contributed by atoms with van der Waals surface area (Å²) in [6.45, 7) is 5.00. The van der Waals surface area contributed by atoms with Crippen molar-refractivity contribution in [1.29, 1.82) is 0 Å². The van der Waals surface area contributed by atoms with E-state index in [1.807, 2.05) is 22.9 Å². The van der Waals surface area contributed by atoms with Gasteiger partial charge < -0.3 is 5.73 Å². The topological polar surface area (TPSA) is 43.8 Å². The van der Waals surface area contributed by atoms with Gasteiger partial charge in [0.05, 0.1) is 15.8 Å². The lowest BCUT2D eigenvalue weighted by atomic mass is 10.1. The van der Waals surface area contributed by atoms with Gasteiger partial charge in [-0.15, -0.1) is 0 Å². The minimum Gasteiger partial charge on any atom is -0.383 e. The third-order valence-electron chi connectivity index (χ3n) is 2.68. The number of hydrogen-bond acceptors (Lipinski definition) is 2. The first kappa shape index (κ1) is 12.4. The summed E-state index contributed by atoms with van der Waals surface area (Å²) in [6.07, 6.45) is 0. The van der Waals surface area contributed by atoms with E-state index >= 15 is 0 Å². The normalized spacial score (nSPS) is 11.1. The first-order valence-corrected chi connectivity index (χ1v) is 6.73. The Morgan fingerprint density at radius 1 is 1.29 bits per heavy atom. The quantitative estimate of drug-likeness (QED) is 0.871. The lowest BCUT2D eigenvalue weighted by molar-refractivity contribution is 0.664. The predicted molar refractivity (Wildman–Crippen MR) is 79.0 cm³/mol. The highest BCUT2D eigenvalue weighted by Crippen LogP contribution is 2.25. The Balaban J connectivity index is 2.31. The van der Waals surface area contributed by atoms with Gasteiger partial charge in [0.1, 0.15) is 5.82 Å². The van der Waals surface area contributed by atoms with Gasteiger partial charge in [0.15, 0.2) is 0 Å². The van der Waals surface area contributed by atoms with Crippen molar-refractivity contribution in [3.8, 4) is 0 Å². The van der Waals surface area contributed by atoms with Crippen LogP contribution in [-0.2, 0) is 6.54 Å². The molecule has 4 heteroatoms. The van der Waals surface area contributed by atoms with Crippen molar-refractivity contribution in [1.82, 2.24) is 9.78 Å². The van der Waals surface area contributed by atoms with E-state index in [9.17, 15) is 0 Å². The molecule has 2 N–H and O–H groups in total. The third kappa shape index (κ3) is 2.62. The van der Waals surface area contributed by atoms with Crippen LogP contribution in [0.2, 0.25) is 0 Å². The summed E-state index contributed by atoms with van der Waals surface area (Å²) < 4.78 is 2.96. The molecule has 0 atom stereocenters. The Morgan fingerprint density at radius 3 is 2.47 bits per heavy atom. The second kappa shape index (κ2) is 5.08. The second-order valence-electron chi connectivity index (χ2n) is 4.38. The van der Waals surface area contributed by atoms with Gasteiger partial charge in [0.25, 0.3) is 0 Å². The van der Waals surface area contributed by atoms with Crippen molar-refractivity contribution in [2.75, 3.05) is 5.73 Å². The highest BCUT2D eigenvalue weighted by Gasteiger charge is 2.15. The van der Waals surface area contributed by atoms with Gasteiger partial charge in [-0.1, -0.05) is 44.2 Å². The average molecular weight is 341 g/mol. The van der Waals surface area contributed by atoms with Crippen molar-refractivity contribution in [3.05, 3.63) is 45.2 Å². The van der Waals surface area contributed by atoms with Gasteiger partial charge >= 0.3 is 0 Å². The summed E-state index contributed by atoms with van der Waals surface area (Å²) in [4.78, 5) is 0. The molecule has 1 heterocycles. The first-order valence-electron chi connectivity index (χ1n) is 5.65. The molecule has 17 heavy (non-hydrogen) atoms. The molecule has 2 rings (SSSR count). The third-order valence-corrected chi connectivity index (χ3v) is 3.78. The van der Waals surface area contributed by atoms with E-state index in [4.69, 9.17) is 5.73 Å². The molecule has 0 aliphatic carbocycles. The fraction of sp³-hybridized carbons (Fsp3) is 0.308. The van der Waals surface area contributed by atoms with E-state index in [-0.39, 0.29) is 0 Å². The Hall–Kier alpha value is -1.04. The average Bonchev–Trinajstić information content (AvgIpc) is 2.59. The molecule has 3 nitrogen and oxygen atoms in total. The van der Waals surface area contributed by atoms with Crippen LogP contribution in [0.4, 0.5) is 5.82 Å². The monoisotopic (exact) mass is 341 g/mol. The number of nitrogen functional groups attached to an aromatic ring is 1. The largest absolute Gasteiger partial charge is 0.383 e. The standard InChI is InChI=1S/C13H16IN3/c1-9(2)12-11(14)13(15)17(16-12)8-10-6-4-3-5-7-10/h3-7,9H,8,15H2,1-2H3. The fourth-order valence-electron chi connectivity index (χ4n) is 1.72. The highest BCUT2D eigenvalue weighted by molar-refractivity contribution is 14.1. The molecule has 1 aromatic carbocycles. The molecule has 0 saturated heterocycles. The molecule has 0 radical (unpaired) electrons. The number of anilines is 1. The zero-order valence-electron chi connectivity index (χ0n) is 10.0. The number of halogens is 1. The summed E-state index contributed by atoms with van der Waals surface area (Å²) in [6, 6.07) is 10.2. The van der Waals surface area contributed by atoms with Crippen LogP contribution in [0.3, 0.4) is 0 Å². The van der Waals surface area contributed by atoms with Crippen molar-refractivity contribution < 1.29 is 0 Å². The molecule has 0 saturated carbocycles. The summed E-state index contributed by atoms with van der Waals surface area (Å²) in [7, 11) is 0. The number of hydrogen-bond donors (Lipinski definition) is 1. The number of rotatable bonds is 3. The molecule has 0 spiro atoms. The van der Waals surface area contributed by atoms with E-state index in [0.717, 1.165) is 21.6 Å². The van der Waals surface area contributed by atoms with Gasteiger partial charge in [0.2, 0.25) is 0 Å². The van der Waals surface area contributed by atoms with Crippen LogP contribution in [-0.4, -0.2) is 9.78 Å². The van der Waals surface area contributed by atoms with Crippen molar-refractivity contribution in [3.63, 3.8) is 0 Å². The maximum absolute atomic E-state index is 6.08. The zero-order chi connectivity index (χ0) is 12.4. The molecule has 90 valence electrons. The van der Waals surface area contributed by atoms with Crippen LogP contribution in [0.5, 0.6) is 0 Å². The van der Waals surface area contributed by atoms with Gasteiger partial charge in [0, 0.05) is 0 Å². The summed E-state index contributed by atoms with van der Waals surface area (Å²) in [5.41, 5.74) is 8.38. The van der Waals surface area contributed by atoms with Crippen LogP contribution >= 0.6 is 22.6 Å². The lowest BCUT2D eigenvalue weighted by Gasteiger charge is -2.04. The molecule has 0 fully saturated rings. The molecule has 0 bridgehead atoms. The fourth-order valence-corrected chi connectivity index (χ4v) is 2.73. The highest BCUT2D eigenvalue weighted by atomic mass is 127. The number of nitrogens with zero attached hydrogens (tertiary/aromatic N) is 2. The van der Waals surface area contributed by atoms with Crippen LogP contribution in [0, 0.1) is 3.57 Å². The van der Waals surface area contributed by atoms with Gasteiger partial charge in [-0.3, -0.25) is 0 Å². The number of benzene rings is 1. The lowest BCUT2D eigenvalue weighted by Crippen LogP contribution is -2.06. The Labute approximate surface area is 115 Å². The first-order chi connectivity index (χ1) is 8.09. The van der Waals surface area contributed by atoms with Crippen molar-refractivity contribution >= 4 is 28.4 Å². The maximum Gasteiger partial charge on any atom is 0.135 e. The predicted octanol–water partition coefficient (Wildman–Crippen LogP) is 3.24. The molecule has 0 unspecified atom stereocenters. The van der Waals surface area contributed by atoms with E-state index in [2.05, 4.69) is 53.7 Å².